The molecule has 1 fully saturated rings. The third-order valence-corrected chi connectivity index (χ3v) is 6.95. The Morgan fingerprint density at radius 3 is 2.46 bits per heavy atom. The number of hydrogen-bond acceptors (Lipinski definition) is 8. The fourth-order valence-corrected chi connectivity index (χ4v) is 4.85. The number of aliphatic hydroxyl groups is 1. The summed E-state index contributed by atoms with van der Waals surface area (Å²) in [6, 6.07) is 22.3. The van der Waals surface area contributed by atoms with Crippen LogP contribution in [0.25, 0.3) is 16.0 Å². The van der Waals surface area contributed by atoms with Crippen LogP contribution in [-0.4, -0.2) is 54.7 Å². The van der Waals surface area contributed by atoms with Crippen molar-refractivity contribution in [2.75, 3.05) is 6.54 Å². The highest BCUT2D eigenvalue weighted by Crippen LogP contribution is 2.27. The minimum atomic E-state index is -1.02. The molecule has 1 aliphatic heterocycles. The standard InChI is InChI=1S/C31H29N5O5/c1-20-23(11-7-13-26(20)22-9-4-3-5-10-22)19-41-31-34-28(17-36-16-25(37)15-27(36)29(38)39)33-30(35-31)40-18-21-8-6-12-24(14-21)32-2/h3-14,25,27,37H,15-19H2,1H3,(H,38,39)/t25-,27-/m0/s1. The Kier molecular flexibility index (Phi) is 8.48. The summed E-state index contributed by atoms with van der Waals surface area (Å²) in [6.07, 6.45) is -0.624. The molecule has 1 aromatic heterocycles. The number of likely N-dealkylation sites (tertiary alicyclic amines) is 1. The van der Waals surface area contributed by atoms with E-state index in [1.165, 1.54) is 0 Å². The van der Waals surface area contributed by atoms with Gasteiger partial charge in [0.1, 0.15) is 19.3 Å². The van der Waals surface area contributed by atoms with Gasteiger partial charge in [0.25, 0.3) is 0 Å². The van der Waals surface area contributed by atoms with Crippen molar-refractivity contribution in [1.29, 1.82) is 0 Å². The van der Waals surface area contributed by atoms with Gasteiger partial charge in [0.15, 0.2) is 11.5 Å². The van der Waals surface area contributed by atoms with Crippen LogP contribution in [-0.2, 0) is 24.6 Å². The van der Waals surface area contributed by atoms with Gasteiger partial charge in [0, 0.05) is 13.0 Å². The molecule has 3 aromatic carbocycles. The number of carboxylic acid groups (broad SMARTS) is 1. The van der Waals surface area contributed by atoms with Crippen LogP contribution in [0.3, 0.4) is 0 Å². The number of nitrogens with zero attached hydrogens (tertiary/aromatic N) is 5. The van der Waals surface area contributed by atoms with Gasteiger partial charge in [-0.3, -0.25) is 9.69 Å². The van der Waals surface area contributed by atoms with Gasteiger partial charge in [0.2, 0.25) is 0 Å². The van der Waals surface area contributed by atoms with Crippen molar-refractivity contribution < 1.29 is 24.5 Å². The summed E-state index contributed by atoms with van der Waals surface area (Å²) in [5, 5.41) is 19.7. The highest BCUT2D eigenvalue weighted by atomic mass is 16.5. The number of β-amino-alcohol motifs (C(OH)–C–C–N with tert-alkyl or cyclic N) is 1. The number of ether oxygens (including phenoxy) is 2. The van der Waals surface area contributed by atoms with Crippen molar-refractivity contribution in [1.82, 2.24) is 19.9 Å². The lowest BCUT2D eigenvalue weighted by molar-refractivity contribution is -0.142. The Balaban J connectivity index is 1.38. The smallest absolute Gasteiger partial charge is 0.323 e. The van der Waals surface area contributed by atoms with Crippen LogP contribution in [0.5, 0.6) is 12.0 Å². The van der Waals surface area contributed by atoms with Crippen molar-refractivity contribution in [3.05, 3.63) is 107 Å². The van der Waals surface area contributed by atoms with Gasteiger partial charge in [-0.2, -0.15) is 9.97 Å². The monoisotopic (exact) mass is 551 g/mol. The van der Waals surface area contributed by atoms with Gasteiger partial charge in [0.05, 0.1) is 19.2 Å². The molecule has 0 spiro atoms. The first-order chi connectivity index (χ1) is 19.9. The zero-order valence-electron chi connectivity index (χ0n) is 22.5. The van der Waals surface area contributed by atoms with E-state index in [-0.39, 0.29) is 50.6 Å². The average Bonchev–Trinajstić information content (AvgIpc) is 3.36. The summed E-state index contributed by atoms with van der Waals surface area (Å²) >= 11 is 0. The van der Waals surface area contributed by atoms with Gasteiger partial charge in [-0.1, -0.05) is 66.7 Å². The van der Waals surface area contributed by atoms with Crippen LogP contribution in [0, 0.1) is 13.5 Å². The molecular formula is C31H29N5O5. The third-order valence-electron chi connectivity index (χ3n) is 6.95. The van der Waals surface area contributed by atoms with Crippen LogP contribution < -0.4 is 9.47 Å². The molecule has 1 saturated heterocycles. The van der Waals surface area contributed by atoms with E-state index in [0.29, 0.717) is 5.69 Å². The summed E-state index contributed by atoms with van der Waals surface area (Å²) < 4.78 is 11.9. The van der Waals surface area contributed by atoms with E-state index < -0.39 is 18.1 Å². The zero-order valence-corrected chi connectivity index (χ0v) is 22.5. The van der Waals surface area contributed by atoms with Crippen molar-refractivity contribution >= 4 is 11.7 Å². The molecule has 10 heteroatoms. The number of carbonyl (C=O) groups is 1. The number of carboxylic acids is 1. The predicted molar refractivity (Wildman–Crippen MR) is 150 cm³/mol. The van der Waals surface area contributed by atoms with Gasteiger partial charge in [-0.05, 0) is 40.8 Å². The first-order valence-corrected chi connectivity index (χ1v) is 13.2. The molecule has 10 nitrogen and oxygen atoms in total. The van der Waals surface area contributed by atoms with Crippen molar-refractivity contribution in [3.63, 3.8) is 0 Å². The molecule has 1 aliphatic rings. The Hall–Kier alpha value is -4.85. The lowest BCUT2D eigenvalue weighted by Crippen LogP contribution is -2.36. The normalized spacial score (nSPS) is 16.7. The fraction of sp³-hybridized carbons (Fsp3) is 0.258. The van der Waals surface area contributed by atoms with E-state index in [2.05, 4.69) is 38.0 Å². The molecule has 0 saturated carbocycles. The summed E-state index contributed by atoms with van der Waals surface area (Å²) in [5.41, 5.74) is 5.49. The summed E-state index contributed by atoms with van der Waals surface area (Å²) in [6.45, 7) is 9.83. The van der Waals surface area contributed by atoms with E-state index in [0.717, 1.165) is 27.8 Å². The molecule has 0 aliphatic carbocycles. The number of aromatic nitrogens is 3. The van der Waals surface area contributed by atoms with E-state index in [4.69, 9.17) is 16.0 Å². The molecule has 2 heterocycles. The second-order valence-electron chi connectivity index (χ2n) is 9.80. The van der Waals surface area contributed by atoms with E-state index in [1.807, 2.05) is 43.3 Å². The molecule has 2 N–H and O–H groups in total. The summed E-state index contributed by atoms with van der Waals surface area (Å²) in [7, 11) is 0. The summed E-state index contributed by atoms with van der Waals surface area (Å²) in [5.74, 6) is -0.757. The summed E-state index contributed by atoms with van der Waals surface area (Å²) in [4.78, 5) is 30.0. The molecule has 0 unspecified atom stereocenters. The first kappa shape index (κ1) is 27.7. The molecule has 4 aromatic rings. The first-order valence-electron chi connectivity index (χ1n) is 13.2. The van der Waals surface area contributed by atoms with Crippen LogP contribution >= 0.6 is 0 Å². The maximum absolute atomic E-state index is 11.7. The third kappa shape index (κ3) is 6.84. The van der Waals surface area contributed by atoms with E-state index >= 15 is 0 Å². The number of benzene rings is 3. The second-order valence-corrected chi connectivity index (χ2v) is 9.80. The molecule has 0 bridgehead atoms. The van der Waals surface area contributed by atoms with Crippen LogP contribution in [0.15, 0.2) is 72.8 Å². The van der Waals surface area contributed by atoms with Gasteiger partial charge in [-0.25, -0.2) is 4.85 Å². The fourth-order valence-electron chi connectivity index (χ4n) is 4.85. The number of hydrogen-bond donors (Lipinski definition) is 2. The van der Waals surface area contributed by atoms with Crippen LogP contribution in [0.1, 0.15) is 28.9 Å². The van der Waals surface area contributed by atoms with Crippen molar-refractivity contribution in [3.8, 4) is 23.1 Å². The van der Waals surface area contributed by atoms with Crippen LogP contribution in [0.2, 0.25) is 0 Å². The maximum atomic E-state index is 11.7. The largest absolute Gasteiger partial charge is 0.480 e. The minimum Gasteiger partial charge on any atom is -0.480 e. The minimum absolute atomic E-state index is 0.0135. The zero-order chi connectivity index (χ0) is 28.8. The van der Waals surface area contributed by atoms with Crippen molar-refractivity contribution in [2.45, 2.75) is 45.2 Å². The average molecular weight is 552 g/mol. The van der Waals surface area contributed by atoms with Gasteiger partial charge >= 0.3 is 18.0 Å². The SMILES string of the molecule is [C-]#[N+]c1cccc(COc2nc(CN3C[C@@H](O)C[C@H]3C(=O)O)nc(OCc3cccc(-c4ccccc4)c3C)n2)c1. The molecule has 5 rings (SSSR count). The molecule has 208 valence electrons. The Morgan fingerprint density at radius 1 is 1.00 bits per heavy atom. The second kappa shape index (κ2) is 12.6. The lowest BCUT2D eigenvalue weighted by Gasteiger charge is -2.20. The van der Waals surface area contributed by atoms with Crippen molar-refractivity contribution in [2.24, 2.45) is 0 Å². The lowest BCUT2D eigenvalue weighted by atomic mass is 9.97. The quantitative estimate of drug-likeness (QED) is 0.273. The van der Waals surface area contributed by atoms with E-state index in [1.54, 1.807) is 23.1 Å². The molecule has 0 radical (unpaired) electrons. The number of aliphatic carboxylic acids is 1. The highest BCUT2D eigenvalue weighted by molar-refractivity contribution is 5.74. The molecule has 0 amide bonds. The van der Waals surface area contributed by atoms with Gasteiger partial charge < -0.3 is 19.7 Å². The topological polar surface area (TPSA) is 122 Å². The Bertz CT molecular complexity index is 1570. The molecule has 41 heavy (non-hydrogen) atoms. The predicted octanol–water partition coefficient (Wildman–Crippen LogP) is 4.58. The van der Waals surface area contributed by atoms with E-state index in [9.17, 15) is 15.0 Å². The number of aliphatic hydroxyl groups excluding tert-OH is 1. The highest BCUT2D eigenvalue weighted by Gasteiger charge is 2.36. The Morgan fingerprint density at radius 2 is 1.73 bits per heavy atom. The Labute approximate surface area is 237 Å². The maximum Gasteiger partial charge on any atom is 0.323 e. The number of rotatable bonds is 10. The van der Waals surface area contributed by atoms with Gasteiger partial charge in [-0.15, -0.1) is 4.98 Å². The molecular weight excluding hydrogens is 522 g/mol. The molecule has 2 atom stereocenters. The van der Waals surface area contributed by atoms with Crippen LogP contribution in [0.4, 0.5) is 5.69 Å².